The van der Waals surface area contributed by atoms with E-state index in [1.54, 1.807) is 0 Å². The molecule has 9 aromatic carbocycles. The largest absolute Gasteiger partial charge is 0.309 e. The van der Waals surface area contributed by atoms with Crippen LogP contribution in [-0.4, -0.2) is 17.2 Å². The first-order valence-corrected chi connectivity index (χ1v) is 22.3. The van der Waals surface area contributed by atoms with Gasteiger partial charge in [-0.1, -0.05) is 152 Å². The summed E-state index contributed by atoms with van der Waals surface area (Å²) in [6, 6.07) is 77.8. The summed E-state index contributed by atoms with van der Waals surface area (Å²) in [6.45, 7) is 0. The van der Waals surface area contributed by atoms with Crippen LogP contribution in [0.3, 0.4) is 0 Å². The summed E-state index contributed by atoms with van der Waals surface area (Å²) < 4.78 is 4.91. The second kappa shape index (κ2) is 11.9. The second-order valence-electron chi connectivity index (χ2n) is 16.0. The minimum atomic E-state index is -2.62. The second-order valence-corrected chi connectivity index (χ2v) is 19.8. The minimum Gasteiger partial charge on any atom is -0.309 e. The maximum atomic E-state index is 2.59. The summed E-state index contributed by atoms with van der Waals surface area (Å²) in [5.41, 5.74) is 15.6. The number of hydrogen-bond donors (Lipinski definition) is 0. The highest BCUT2D eigenvalue weighted by atomic mass is 28.3. The van der Waals surface area contributed by atoms with Gasteiger partial charge in [0, 0.05) is 32.9 Å². The Hall–Kier alpha value is -7.20. The Bertz CT molecular complexity index is 3380. The summed E-state index contributed by atoms with van der Waals surface area (Å²) >= 11 is 0. The lowest BCUT2D eigenvalue weighted by molar-refractivity contribution is 1.16. The third-order valence-corrected chi connectivity index (χ3v) is 18.1. The number of fused-ring (bicyclic) bond motifs is 12. The first-order chi connectivity index (χ1) is 28.8. The molecule has 0 fully saturated rings. The molecule has 0 bridgehead atoms. The molecule has 0 saturated carbocycles. The molecule has 2 nitrogen and oxygen atoms in total. The van der Waals surface area contributed by atoms with Crippen LogP contribution in [-0.2, 0) is 6.42 Å². The molecule has 1 aliphatic heterocycles. The third-order valence-electron chi connectivity index (χ3n) is 13.2. The molecule has 58 heavy (non-hydrogen) atoms. The standard InChI is InChI=1S/C55H36N2Si/c1-3-15-38(16-4-1)56-52-30-28-39(57-50-23-11-7-19-42(50)43-20-8-12-24-51(43)57)33-48(52)49-35-47-37(32-53(49)56)31-36-27-29-41(34-46(36)47)58(40-17-5-2-6-18-40)54-25-13-9-21-44(54)45-22-10-14-26-55(45)58/h1-30,32-35H,31H2. The van der Waals surface area contributed by atoms with E-state index in [4.69, 9.17) is 0 Å². The van der Waals surface area contributed by atoms with Gasteiger partial charge in [-0.25, -0.2) is 0 Å². The first kappa shape index (κ1) is 31.9. The average molecular weight is 753 g/mol. The molecule has 3 heterocycles. The lowest BCUT2D eigenvalue weighted by Crippen LogP contribution is -2.72. The molecule has 0 atom stereocenters. The van der Waals surface area contributed by atoms with Gasteiger partial charge in [-0.2, -0.15) is 0 Å². The van der Waals surface area contributed by atoms with E-state index in [1.165, 1.54) is 109 Å². The van der Waals surface area contributed by atoms with E-state index in [9.17, 15) is 0 Å². The van der Waals surface area contributed by atoms with E-state index in [0.717, 1.165) is 6.42 Å². The number of hydrogen-bond acceptors (Lipinski definition) is 0. The summed E-state index contributed by atoms with van der Waals surface area (Å²) in [6.07, 6.45) is 0.927. The SMILES string of the molecule is c1ccc(-n2c3ccc(-n4c5ccccc5c5ccccc54)cc3c3cc4c(cc32)Cc2ccc([Si]3(c5ccccc5)c5ccccc5-c5ccccc53)cc2-4)cc1. The molecule has 2 aromatic heterocycles. The molecule has 11 aromatic rings. The number of para-hydroxylation sites is 3. The Morgan fingerprint density at radius 1 is 0.310 bits per heavy atom. The van der Waals surface area contributed by atoms with Crippen molar-refractivity contribution in [3.8, 4) is 33.6 Å². The average Bonchev–Trinajstić information content (AvgIpc) is 4.01. The van der Waals surface area contributed by atoms with Gasteiger partial charge >= 0.3 is 0 Å². The van der Waals surface area contributed by atoms with E-state index in [1.807, 2.05) is 0 Å². The Morgan fingerprint density at radius 3 is 1.57 bits per heavy atom. The summed E-state index contributed by atoms with van der Waals surface area (Å²) in [5, 5.41) is 11.0. The quantitative estimate of drug-likeness (QED) is 0.159. The van der Waals surface area contributed by atoms with Crippen LogP contribution >= 0.6 is 0 Å². The van der Waals surface area contributed by atoms with Crippen molar-refractivity contribution >= 4 is 72.4 Å². The van der Waals surface area contributed by atoms with Crippen LogP contribution in [0.4, 0.5) is 0 Å². The Labute approximate surface area is 337 Å². The zero-order chi connectivity index (χ0) is 38.0. The fraction of sp³-hybridized carbons (Fsp3) is 0.0182. The topological polar surface area (TPSA) is 9.86 Å². The molecule has 3 heteroatoms. The number of aromatic nitrogens is 2. The first-order valence-electron chi connectivity index (χ1n) is 20.3. The van der Waals surface area contributed by atoms with Crippen LogP contribution in [0.2, 0.25) is 0 Å². The van der Waals surface area contributed by atoms with Gasteiger partial charge in [0.15, 0.2) is 8.07 Å². The van der Waals surface area contributed by atoms with Gasteiger partial charge in [0.25, 0.3) is 0 Å². The fourth-order valence-electron chi connectivity index (χ4n) is 10.8. The monoisotopic (exact) mass is 752 g/mol. The van der Waals surface area contributed by atoms with Crippen LogP contribution in [0, 0.1) is 0 Å². The summed E-state index contributed by atoms with van der Waals surface area (Å²) in [5.74, 6) is 0. The maximum Gasteiger partial charge on any atom is 0.180 e. The molecule has 0 saturated heterocycles. The summed E-state index contributed by atoms with van der Waals surface area (Å²) in [4.78, 5) is 0. The van der Waals surface area contributed by atoms with Gasteiger partial charge in [0.2, 0.25) is 0 Å². The van der Waals surface area contributed by atoms with Crippen molar-refractivity contribution < 1.29 is 0 Å². The van der Waals surface area contributed by atoms with E-state index in [0.29, 0.717) is 0 Å². The van der Waals surface area contributed by atoms with Gasteiger partial charge in [0.05, 0.1) is 22.1 Å². The molecular formula is C55H36N2Si. The van der Waals surface area contributed by atoms with Crippen molar-refractivity contribution in [1.82, 2.24) is 9.13 Å². The zero-order valence-corrected chi connectivity index (χ0v) is 32.7. The van der Waals surface area contributed by atoms with E-state index >= 15 is 0 Å². The van der Waals surface area contributed by atoms with Crippen LogP contribution in [0.1, 0.15) is 11.1 Å². The molecule has 0 N–H and O–H groups in total. The third kappa shape index (κ3) is 4.21. The number of rotatable bonds is 4. The number of benzene rings is 9. The number of nitrogens with zero attached hydrogens (tertiary/aromatic N) is 2. The molecule has 13 rings (SSSR count). The minimum absolute atomic E-state index is 0.927. The zero-order valence-electron chi connectivity index (χ0n) is 31.7. The predicted molar refractivity (Wildman–Crippen MR) is 246 cm³/mol. The summed E-state index contributed by atoms with van der Waals surface area (Å²) in [7, 11) is -2.62. The van der Waals surface area contributed by atoms with Gasteiger partial charge in [-0.05, 0) is 115 Å². The van der Waals surface area contributed by atoms with Crippen molar-refractivity contribution in [2.45, 2.75) is 6.42 Å². The van der Waals surface area contributed by atoms with Crippen molar-refractivity contribution in [2.75, 3.05) is 0 Å². The van der Waals surface area contributed by atoms with Crippen LogP contribution in [0.25, 0.3) is 77.2 Å². The van der Waals surface area contributed by atoms with Crippen LogP contribution < -0.4 is 20.7 Å². The normalized spacial score (nSPS) is 13.6. The van der Waals surface area contributed by atoms with Gasteiger partial charge < -0.3 is 9.13 Å². The molecule has 1 aliphatic carbocycles. The van der Waals surface area contributed by atoms with Gasteiger partial charge in [0.1, 0.15) is 0 Å². The Morgan fingerprint density at radius 2 is 0.862 bits per heavy atom. The molecular weight excluding hydrogens is 717 g/mol. The maximum absolute atomic E-state index is 2.62. The van der Waals surface area contributed by atoms with E-state index in [-0.39, 0.29) is 0 Å². The predicted octanol–water partition coefficient (Wildman–Crippen LogP) is 10.8. The van der Waals surface area contributed by atoms with Crippen molar-refractivity contribution in [3.63, 3.8) is 0 Å². The highest BCUT2D eigenvalue weighted by molar-refractivity contribution is 7.22. The van der Waals surface area contributed by atoms with Crippen molar-refractivity contribution in [2.24, 2.45) is 0 Å². The molecule has 0 spiro atoms. The van der Waals surface area contributed by atoms with Crippen LogP contribution in [0.5, 0.6) is 0 Å². The molecule has 2 aliphatic rings. The Kier molecular flexibility index (Phi) is 6.56. The molecule has 0 amide bonds. The molecule has 0 radical (unpaired) electrons. The van der Waals surface area contributed by atoms with Crippen molar-refractivity contribution in [1.29, 1.82) is 0 Å². The lowest BCUT2D eigenvalue weighted by atomic mass is 10.0. The van der Waals surface area contributed by atoms with Gasteiger partial charge in [-0.3, -0.25) is 0 Å². The highest BCUT2D eigenvalue weighted by Crippen LogP contribution is 2.44. The van der Waals surface area contributed by atoms with Gasteiger partial charge in [-0.15, -0.1) is 0 Å². The smallest absolute Gasteiger partial charge is 0.180 e. The lowest BCUT2D eigenvalue weighted by Gasteiger charge is -2.31. The fourth-order valence-corrected chi connectivity index (χ4v) is 16.0. The highest BCUT2D eigenvalue weighted by Gasteiger charge is 2.48. The van der Waals surface area contributed by atoms with E-state index < -0.39 is 8.07 Å². The molecule has 270 valence electrons. The van der Waals surface area contributed by atoms with Crippen LogP contribution in [0.15, 0.2) is 206 Å². The van der Waals surface area contributed by atoms with Crippen molar-refractivity contribution in [3.05, 3.63) is 217 Å². The Balaban J connectivity index is 1.07. The van der Waals surface area contributed by atoms with E-state index in [2.05, 4.69) is 215 Å². The molecule has 0 unspecified atom stereocenters.